The molecule has 3 heterocycles. The summed E-state index contributed by atoms with van der Waals surface area (Å²) in [6.45, 7) is 3.84. The van der Waals surface area contributed by atoms with Gasteiger partial charge in [-0.1, -0.05) is 17.3 Å². The first-order valence-corrected chi connectivity index (χ1v) is 9.67. The summed E-state index contributed by atoms with van der Waals surface area (Å²) in [5, 5.41) is 7.53. The lowest BCUT2D eigenvalue weighted by Crippen LogP contribution is -2.47. The molecular formula is C20H24N4O2. The Balaban J connectivity index is 1.30. The minimum absolute atomic E-state index is 0.134. The van der Waals surface area contributed by atoms with Crippen LogP contribution in [0.15, 0.2) is 28.8 Å². The number of benzene rings is 1. The maximum Gasteiger partial charge on any atom is 0.253 e. The van der Waals surface area contributed by atoms with E-state index in [1.165, 1.54) is 12.8 Å². The van der Waals surface area contributed by atoms with Crippen LogP contribution in [-0.2, 0) is 0 Å². The number of rotatable bonds is 3. The number of nitrogens with one attached hydrogen (secondary N) is 1. The predicted octanol–water partition coefficient (Wildman–Crippen LogP) is 2.83. The van der Waals surface area contributed by atoms with Gasteiger partial charge in [0.05, 0.1) is 0 Å². The van der Waals surface area contributed by atoms with Gasteiger partial charge in [0.15, 0.2) is 0 Å². The van der Waals surface area contributed by atoms with Crippen molar-refractivity contribution in [2.24, 2.45) is 5.41 Å². The van der Waals surface area contributed by atoms with Gasteiger partial charge in [-0.15, -0.1) is 0 Å². The highest BCUT2D eigenvalue weighted by Crippen LogP contribution is 2.39. The molecule has 1 spiro atoms. The lowest BCUT2D eigenvalue weighted by atomic mass is 9.79. The predicted molar refractivity (Wildman–Crippen MR) is 96.8 cm³/mol. The van der Waals surface area contributed by atoms with Gasteiger partial charge >= 0.3 is 0 Å². The van der Waals surface area contributed by atoms with Gasteiger partial charge in [-0.3, -0.25) is 4.79 Å². The fourth-order valence-electron chi connectivity index (χ4n) is 4.32. The Labute approximate surface area is 153 Å². The summed E-state index contributed by atoms with van der Waals surface area (Å²) in [7, 11) is 0. The number of nitrogens with zero attached hydrogens (tertiary/aromatic N) is 3. The number of hydrogen-bond donors (Lipinski definition) is 1. The molecule has 3 aliphatic rings. The van der Waals surface area contributed by atoms with Crippen molar-refractivity contribution in [3.63, 3.8) is 0 Å². The van der Waals surface area contributed by atoms with Crippen LogP contribution in [0, 0.1) is 5.41 Å². The van der Waals surface area contributed by atoms with Crippen LogP contribution in [0.25, 0.3) is 11.4 Å². The van der Waals surface area contributed by atoms with Gasteiger partial charge in [0.25, 0.3) is 5.91 Å². The first-order valence-electron chi connectivity index (χ1n) is 9.67. The molecule has 6 heteroatoms. The second kappa shape index (κ2) is 6.20. The Morgan fingerprint density at radius 2 is 2.08 bits per heavy atom. The second-order valence-corrected chi connectivity index (χ2v) is 8.06. The summed E-state index contributed by atoms with van der Waals surface area (Å²) in [6, 6.07) is 7.62. The zero-order valence-electron chi connectivity index (χ0n) is 14.9. The summed E-state index contributed by atoms with van der Waals surface area (Å²) in [5.41, 5.74) is 1.92. The van der Waals surface area contributed by atoms with Gasteiger partial charge in [0.2, 0.25) is 11.7 Å². The summed E-state index contributed by atoms with van der Waals surface area (Å²) in [4.78, 5) is 19.5. The number of likely N-dealkylation sites (tertiary alicyclic amines) is 1. The molecule has 136 valence electrons. The van der Waals surface area contributed by atoms with Crippen LogP contribution >= 0.6 is 0 Å². The van der Waals surface area contributed by atoms with E-state index in [-0.39, 0.29) is 11.3 Å². The van der Waals surface area contributed by atoms with Gasteiger partial charge in [-0.25, -0.2) is 0 Å². The Hall–Kier alpha value is -2.21. The lowest BCUT2D eigenvalue weighted by Gasteiger charge is -2.40. The largest absolute Gasteiger partial charge is 0.339 e. The van der Waals surface area contributed by atoms with Crippen molar-refractivity contribution in [3.8, 4) is 11.4 Å². The highest BCUT2D eigenvalue weighted by Gasteiger charge is 2.39. The van der Waals surface area contributed by atoms with Crippen molar-refractivity contribution in [3.05, 3.63) is 35.7 Å². The summed E-state index contributed by atoms with van der Waals surface area (Å²) >= 11 is 0. The Kier molecular flexibility index (Phi) is 3.81. The smallest absolute Gasteiger partial charge is 0.253 e. The van der Waals surface area contributed by atoms with Crippen molar-refractivity contribution < 1.29 is 9.32 Å². The van der Waals surface area contributed by atoms with Gasteiger partial charge in [-0.2, -0.15) is 4.98 Å². The average molecular weight is 352 g/mol. The van der Waals surface area contributed by atoms with Crippen LogP contribution in [0.5, 0.6) is 0 Å². The van der Waals surface area contributed by atoms with Gasteiger partial charge < -0.3 is 14.7 Å². The van der Waals surface area contributed by atoms with Crippen LogP contribution in [0.1, 0.15) is 54.3 Å². The maximum absolute atomic E-state index is 12.9. The molecule has 0 unspecified atom stereocenters. The SMILES string of the molecule is O=C(c1ccc(-c2noc(C3CC3)n2)cc1)N1CCC[C@]2(CCNC2)C1. The molecule has 1 aromatic carbocycles. The normalized spacial score (nSPS) is 25.8. The van der Waals surface area contributed by atoms with Crippen LogP contribution in [0.3, 0.4) is 0 Å². The molecule has 26 heavy (non-hydrogen) atoms. The van der Waals surface area contributed by atoms with E-state index in [1.807, 2.05) is 29.2 Å². The van der Waals surface area contributed by atoms with Gasteiger partial charge in [0.1, 0.15) is 0 Å². The summed E-state index contributed by atoms with van der Waals surface area (Å²) in [6.07, 6.45) is 5.78. The fraction of sp³-hybridized carbons (Fsp3) is 0.550. The number of piperidine rings is 1. The van der Waals surface area contributed by atoms with E-state index in [2.05, 4.69) is 15.5 Å². The molecule has 0 radical (unpaired) electrons. The van der Waals surface area contributed by atoms with Crippen molar-refractivity contribution in [1.29, 1.82) is 0 Å². The summed E-state index contributed by atoms with van der Waals surface area (Å²) < 4.78 is 5.33. The molecule has 5 rings (SSSR count). The van der Waals surface area contributed by atoms with Gasteiger partial charge in [0, 0.05) is 42.1 Å². The third-order valence-electron chi connectivity index (χ3n) is 6.04. The minimum atomic E-state index is 0.134. The van der Waals surface area contributed by atoms with Gasteiger partial charge in [-0.05, 0) is 50.8 Å². The van der Waals surface area contributed by atoms with E-state index in [1.54, 1.807) is 0 Å². The average Bonchev–Trinajstić information content (AvgIpc) is 3.25. The van der Waals surface area contributed by atoms with E-state index in [0.717, 1.165) is 62.5 Å². The fourth-order valence-corrected chi connectivity index (χ4v) is 4.32. The zero-order chi connectivity index (χ0) is 17.6. The molecule has 1 saturated carbocycles. The summed E-state index contributed by atoms with van der Waals surface area (Å²) in [5.74, 6) is 1.94. The molecule has 1 aliphatic carbocycles. The highest BCUT2D eigenvalue weighted by atomic mass is 16.5. The van der Waals surface area contributed by atoms with Crippen LogP contribution < -0.4 is 5.32 Å². The van der Waals surface area contributed by atoms with E-state index in [9.17, 15) is 4.79 Å². The Morgan fingerprint density at radius 1 is 1.23 bits per heavy atom. The van der Waals surface area contributed by atoms with Crippen molar-refractivity contribution >= 4 is 5.91 Å². The van der Waals surface area contributed by atoms with Crippen molar-refractivity contribution in [2.75, 3.05) is 26.2 Å². The third kappa shape index (κ3) is 2.92. The molecule has 2 aromatic rings. The molecule has 1 aromatic heterocycles. The highest BCUT2D eigenvalue weighted by molar-refractivity contribution is 5.94. The van der Waals surface area contributed by atoms with E-state index < -0.39 is 0 Å². The van der Waals surface area contributed by atoms with Crippen molar-refractivity contribution in [2.45, 2.75) is 38.0 Å². The molecule has 1 amide bonds. The molecule has 1 N–H and O–H groups in total. The minimum Gasteiger partial charge on any atom is -0.339 e. The number of aromatic nitrogens is 2. The van der Waals surface area contributed by atoms with Crippen molar-refractivity contribution in [1.82, 2.24) is 20.4 Å². The molecule has 0 bridgehead atoms. The van der Waals surface area contributed by atoms with Crippen LogP contribution in [-0.4, -0.2) is 47.1 Å². The van der Waals surface area contributed by atoms with Crippen LogP contribution in [0.2, 0.25) is 0 Å². The van der Waals surface area contributed by atoms with E-state index in [0.29, 0.717) is 11.7 Å². The molecule has 6 nitrogen and oxygen atoms in total. The van der Waals surface area contributed by atoms with E-state index in [4.69, 9.17) is 4.52 Å². The monoisotopic (exact) mass is 352 g/mol. The number of amides is 1. The lowest BCUT2D eigenvalue weighted by molar-refractivity contribution is 0.0553. The second-order valence-electron chi connectivity index (χ2n) is 8.06. The third-order valence-corrected chi connectivity index (χ3v) is 6.04. The first kappa shape index (κ1) is 16.0. The molecule has 2 aliphatic heterocycles. The molecule has 3 fully saturated rings. The first-order chi connectivity index (χ1) is 12.7. The quantitative estimate of drug-likeness (QED) is 0.920. The molecule has 1 atom stereocenters. The molecular weight excluding hydrogens is 328 g/mol. The number of carbonyl (C=O) groups is 1. The topological polar surface area (TPSA) is 71.3 Å². The van der Waals surface area contributed by atoms with Crippen LogP contribution in [0.4, 0.5) is 0 Å². The van der Waals surface area contributed by atoms with E-state index >= 15 is 0 Å². The number of carbonyl (C=O) groups excluding carboxylic acids is 1. The molecule has 2 saturated heterocycles. The Bertz CT molecular complexity index is 803. The standard InChI is InChI=1S/C20H24N4O2/c25-19(24-11-1-8-20(13-24)9-10-21-12-20)16-6-2-14(3-7-16)17-22-18(26-23-17)15-4-5-15/h2-3,6-7,15,21H,1,4-5,8-13H2/t20-/m1/s1. The zero-order valence-corrected chi connectivity index (χ0v) is 14.9. The Morgan fingerprint density at radius 3 is 2.81 bits per heavy atom. The maximum atomic E-state index is 12.9. The number of hydrogen-bond acceptors (Lipinski definition) is 5.